The van der Waals surface area contributed by atoms with Crippen molar-refractivity contribution in [2.24, 2.45) is 5.92 Å². The fraction of sp³-hybridized carbons (Fsp3) is 0.583. The van der Waals surface area contributed by atoms with Crippen molar-refractivity contribution in [1.29, 1.82) is 0 Å². The first kappa shape index (κ1) is 13.9. The summed E-state index contributed by atoms with van der Waals surface area (Å²) in [7, 11) is 1.67. The summed E-state index contributed by atoms with van der Waals surface area (Å²) in [6.45, 7) is 0.560. The molecular weight excluding hydrogens is 259 g/mol. The Labute approximate surface area is 109 Å². The number of alkyl halides is 3. The van der Waals surface area contributed by atoms with E-state index in [0.717, 1.165) is 12.1 Å². The molecule has 3 N–H and O–H groups in total. The zero-order valence-corrected chi connectivity index (χ0v) is 10.5. The normalized spacial score (nSPS) is 23.0. The lowest BCUT2D eigenvalue weighted by Crippen LogP contribution is -2.37. The maximum absolute atomic E-state index is 12.7. The number of nitrogen functional groups attached to an aromatic ring is 1. The first-order valence-corrected chi connectivity index (χ1v) is 5.99. The molecule has 2 rings (SSSR count). The van der Waals surface area contributed by atoms with E-state index in [0.29, 0.717) is 19.4 Å². The van der Waals surface area contributed by atoms with Gasteiger partial charge < -0.3 is 15.7 Å². The third-order valence-electron chi connectivity index (χ3n) is 3.29. The van der Waals surface area contributed by atoms with Gasteiger partial charge in [-0.2, -0.15) is 13.2 Å². The molecule has 1 aliphatic carbocycles. The lowest BCUT2D eigenvalue weighted by molar-refractivity contribution is -0.137. The fourth-order valence-corrected chi connectivity index (χ4v) is 2.23. The second kappa shape index (κ2) is 4.88. The van der Waals surface area contributed by atoms with Crippen molar-refractivity contribution in [1.82, 2.24) is 4.98 Å². The number of rotatable bonds is 3. The molecular formula is C12H16F3N3O. The van der Waals surface area contributed by atoms with Gasteiger partial charge in [-0.3, -0.25) is 0 Å². The van der Waals surface area contributed by atoms with Gasteiger partial charge in [-0.25, -0.2) is 4.98 Å². The van der Waals surface area contributed by atoms with Crippen LogP contribution in [0.1, 0.15) is 18.4 Å². The van der Waals surface area contributed by atoms with Gasteiger partial charge in [0, 0.05) is 13.6 Å². The van der Waals surface area contributed by atoms with Gasteiger partial charge in [0.25, 0.3) is 0 Å². The van der Waals surface area contributed by atoms with Crippen molar-refractivity contribution in [3.05, 3.63) is 17.7 Å². The van der Waals surface area contributed by atoms with E-state index < -0.39 is 11.7 Å². The van der Waals surface area contributed by atoms with Gasteiger partial charge in [0.15, 0.2) is 0 Å². The van der Waals surface area contributed by atoms with Gasteiger partial charge in [-0.15, -0.1) is 0 Å². The van der Waals surface area contributed by atoms with Crippen LogP contribution in [0.25, 0.3) is 0 Å². The quantitative estimate of drug-likeness (QED) is 0.884. The summed E-state index contributed by atoms with van der Waals surface area (Å²) >= 11 is 0. The van der Waals surface area contributed by atoms with Gasteiger partial charge in [0.05, 0.1) is 11.7 Å². The number of nitrogens with zero attached hydrogens (tertiary/aromatic N) is 2. The van der Waals surface area contributed by atoms with Crippen LogP contribution >= 0.6 is 0 Å². The van der Waals surface area contributed by atoms with Gasteiger partial charge in [0.1, 0.15) is 11.6 Å². The molecule has 19 heavy (non-hydrogen) atoms. The summed E-state index contributed by atoms with van der Waals surface area (Å²) in [5, 5.41) is 9.19. The molecule has 0 aromatic carbocycles. The standard InChI is InChI=1S/C12H16F3N3O/c1-18(6-7-2-9(19)3-7)11-5-8(12(13,14)15)4-10(16)17-11/h4-5,7,9,19H,2-3,6H2,1H3,(H2,16,17). The first-order valence-electron chi connectivity index (χ1n) is 5.99. The Morgan fingerprint density at radius 3 is 2.58 bits per heavy atom. The molecule has 0 aliphatic heterocycles. The van der Waals surface area contributed by atoms with Crippen LogP contribution < -0.4 is 10.6 Å². The van der Waals surface area contributed by atoms with E-state index in [1.165, 1.54) is 0 Å². The number of aliphatic hydroxyl groups excluding tert-OH is 1. The minimum absolute atomic E-state index is 0.148. The monoisotopic (exact) mass is 275 g/mol. The van der Waals surface area contributed by atoms with Crippen LogP contribution in [0.4, 0.5) is 24.8 Å². The van der Waals surface area contributed by atoms with Crippen LogP contribution in [0, 0.1) is 5.92 Å². The molecule has 0 saturated heterocycles. The molecule has 0 amide bonds. The van der Waals surface area contributed by atoms with E-state index in [2.05, 4.69) is 4.98 Å². The molecule has 106 valence electrons. The van der Waals surface area contributed by atoms with Gasteiger partial charge >= 0.3 is 6.18 Å². The number of hydrogen-bond donors (Lipinski definition) is 2. The number of hydrogen-bond acceptors (Lipinski definition) is 4. The lowest BCUT2D eigenvalue weighted by atomic mass is 9.82. The van der Waals surface area contributed by atoms with E-state index in [4.69, 9.17) is 5.73 Å². The second-order valence-corrected chi connectivity index (χ2v) is 5.01. The van der Waals surface area contributed by atoms with Crippen LogP contribution in [0.5, 0.6) is 0 Å². The molecule has 1 fully saturated rings. The van der Waals surface area contributed by atoms with Crippen LogP contribution in [-0.2, 0) is 6.18 Å². The van der Waals surface area contributed by atoms with Gasteiger partial charge in [-0.1, -0.05) is 0 Å². The summed E-state index contributed by atoms with van der Waals surface area (Å²) in [6, 6.07) is 1.82. The predicted molar refractivity (Wildman–Crippen MR) is 65.7 cm³/mol. The number of pyridine rings is 1. The first-order chi connectivity index (χ1) is 8.75. The molecule has 1 heterocycles. The third-order valence-corrected chi connectivity index (χ3v) is 3.29. The Balaban J connectivity index is 2.12. The molecule has 0 radical (unpaired) electrons. The molecule has 1 aromatic rings. The number of aromatic nitrogens is 1. The lowest BCUT2D eigenvalue weighted by Gasteiger charge is -2.34. The highest BCUT2D eigenvalue weighted by atomic mass is 19.4. The predicted octanol–water partition coefficient (Wildman–Crippen LogP) is 1.89. The Morgan fingerprint density at radius 2 is 2.05 bits per heavy atom. The van der Waals surface area contributed by atoms with Crippen LogP contribution in [0.2, 0.25) is 0 Å². The maximum Gasteiger partial charge on any atom is 0.416 e. The number of aliphatic hydroxyl groups is 1. The zero-order valence-electron chi connectivity index (χ0n) is 10.5. The second-order valence-electron chi connectivity index (χ2n) is 5.01. The van der Waals surface area contributed by atoms with Crippen molar-refractivity contribution < 1.29 is 18.3 Å². The van der Waals surface area contributed by atoms with Crippen LogP contribution in [0.15, 0.2) is 12.1 Å². The Bertz CT molecular complexity index is 458. The molecule has 7 heteroatoms. The highest BCUT2D eigenvalue weighted by Crippen LogP contribution is 2.33. The fourth-order valence-electron chi connectivity index (χ4n) is 2.23. The van der Waals surface area contributed by atoms with E-state index in [9.17, 15) is 18.3 Å². The average Bonchev–Trinajstić information content (AvgIpc) is 2.24. The van der Waals surface area contributed by atoms with Gasteiger partial charge in [-0.05, 0) is 30.9 Å². The highest BCUT2D eigenvalue weighted by Gasteiger charge is 2.32. The molecule has 1 aliphatic rings. The topological polar surface area (TPSA) is 62.4 Å². The highest BCUT2D eigenvalue weighted by molar-refractivity contribution is 5.48. The van der Waals surface area contributed by atoms with Crippen molar-refractivity contribution >= 4 is 11.6 Å². The van der Waals surface area contributed by atoms with Crippen molar-refractivity contribution in [3.8, 4) is 0 Å². The summed E-state index contributed by atoms with van der Waals surface area (Å²) in [6.07, 6.45) is -3.35. The smallest absolute Gasteiger partial charge is 0.393 e. The number of halogens is 3. The van der Waals surface area contributed by atoms with Crippen LogP contribution in [-0.4, -0.2) is 29.8 Å². The van der Waals surface area contributed by atoms with E-state index in [1.807, 2.05) is 0 Å². The Hall–Kier alpha value is -1.50. The molecule has 0 spiro atoms. The SMILES string of the molecule is CN(CC1CC(O)C1)c1cc(C(F)(F)F)cc(N)n1. The van der Waals surface area contributed by atoms with Gasteiger partial charge in [0.2, 0.25) is 0 Å². The molecule has 4 nitrogen and oxygen atoms in total. The maximum atomic E-state index is 12.7. The van der Waals surface area contributed by atoms with Crippen molar-refractivity contribution in [3.63, 3.8) is 0 Å². The summed E-state index contributed by atoms with van der Waals surface area (Å²) < 4.78 is 38.0. The number of anilines is 2. The average molecular weight is 275 g/mol. The minimum Gasteiger partial charge on any atom is -0.393 e. The molecule has 0 atom stereocenters. The minimum atomic E-state index is -4.43. The summed E-state index contributed by atoms with van der Waals surface area (Å²) in [4.78, 5) is 5.56. The third kappa shape index (κ3) is 3.28. The Kier molecular flexibility index (Phi) is 3.58. The van der Waals surface area contributed by atoms with Crippen molar-refractivity contribution in [2.75, 3.05) is 24.2 Å². The molecule has 0 unspecified atom stereocenters. The molecule has 0 bridgehead atoms. The zero-order chi connectivity index (χ0) is 14.2. The Morgan fingerprint density at radius 1 is 1.42 bits per heavy atom. The van der Waals surface area contributed by atoms with Crippen LogP contribution in [0.3, 0.4) is 0 Å². The van der Waals surface area contributed by atoms with Crippen molar-refractivity contribution in [2.45, 2.75) is 25.1 Å². The van der Waals surface area contributed by atoms with E-state index >= 15 is 0 Å². The number of nitrogens with two attached hydrogens (primary N) is 1. The molecule has 1 saturated carbocycles. The van der Waals surface area contributed by atoms with E-state index in [1.54, 1.807) is 11.9 Å². The van der Waals surface area contributed by atoms with E-state index in [-0.39, 0.29) is 23.7 Å². The molecule has 1 aromatic heterocycles. The largest absolute Gasteiger partial charge is 0.416 e. The summed E-state index contributed by atoms with van der Waals surface area (Å²) in [5.74, 6) is 0.344. The summed E-state index contributed by atoms with van der Waals surface area (Å²) in [5.41, 5.74) is 4.62.